The first-order valence-electron chi connectivity index (χ1n) is 7.45. The third-order valence-electron chi connectivity index (χ3n) is 2.77. The summed E-state index contributed by atoms with van der Waals surface area (Å²) in [6.45, 7) is 5.29. The number of amides is 1. The molecule has 1 aromatic carbocycles. The molecule has 1 aromatic rings. The molecule has 0 heterocycles. The molecule has 1 atom stereocenters. The molecule has 126 valence electrons. The highest BCUT2D eigenvalue weighted by Crippen LogP contribution is 2.11. The molecule has 0 saturated carbocycles. The molecular weight excluding hydrogens is 298 g/mol. The van der Waals surface area contributed by atoms with Gasteiger partial charge in [0.2, 0.25) is 0 Å². The van der Waals surface area contributed by atoms with Gasteiger partial charge >= 0.3 is 12.1 Å². The average molecular weight is 321 g/mol. The molecule has 0 radical (unpaired) electrons. The second-order valence-corrected chi connectivity index (χ2v) is 6.04. The molecule has 0 bridgehead atoms. The van der Waals surface area contributed by atoms with Gasteiger partial charge in [0.25, 0.3) is 0 Å². The van der Waals surface area contributed by atoms with E-state index >= 15 is 0 Å². The number of benzene rings is 1. The Hall–Kier alpha value is -2.37. The van der Waals surface area contributed by atoms with Crippen LogP contribution in [-0.4, -0.2) is 30.0 Å². The topological polar surface area (TPSA) is 81.7 Å². The van der Waals surface area contributed by atoms with Gasteiger partial charge in [-0.25, -0.2) is 9.59 Å². The number of esters is 1. The van der Waals surface area contributed by atoms with E-state index in [0.29, 0.717) is 6.29 Å². The standard InChI is InChI=1S/C17H23NO5/c1-17(2,3)23-15(20)14(10-7-11-19)18-16(21)22-12-13-8-5-4-6-9-13/h4-6,8-9,11,14H,7,10,12H2,1-3H3,(H,18,21). The average Bonchev–Trinajstić information content (AvgIpc) is 2.48. The van der Waals surface area contributed by atoms with Crippen molar-refractivity contribution in [3.05, 3.63) is 35.9 Å². The Balaban J connectivity index is 2.56. The molecule has 0 aliphatic heterocycles. The molecule has 1 amide bonds. The number of alkyl carbamates (subject to hydrolysis) is 1. The van der Waals surface area contributed by atoms with Gasteiger partial charge in [0, 0.05) is 6.42 Å². The Kier molecular flexibility index (Phi) is 7.25. The predicted molar refractivity (Wildman–Crippen MR) is 84.7 cm³/mol. The Morgan fingerprint density at radius 1 is 1.22 bits per heavy atom. The lowest BCUT2D eigenvalue weighted by Gasteiger charge is -2.24. The van der Waals surface area contributed by atoms with Crippen LogP contribution in [0.25, 0.3) is 0 Å². The van der Waals surface area contributed by atoms with Crippen molar-refractivity contribution in [2.45, 2.75) is 51.9 Å². The number of aldehydes is 1. The van der Waals surface area contributed by atoms with Crippen LogP contribution in [0, 0.1) is 0 Å². The lowest BCUT2D eigenvalue weighted by Crippen LogP contribution is -2.44. The number of rotatable bonds is 7. The fourth-order valence-corrected chi connectivity index (χ4v) is 1.76. The highest BCUT2D eigenvalue weighted by molar-refractivity contribution is 5.81. The van der Waals surface area contributed by atoms with Crippen molar-refractivity contribution in [2.24, 2.45) is 0 Å². The zero-order valence-electron chi connectivity index (χ0n) is 13.7. The summed E-state index contributed by atoms with van der Waals surface area (Å²) < 4.78 is 10.3. The molecule has 1 N–H and O–H groups in total. The fraction of sp³-hybridized carbons (Fsp3) is 0.471. The summed E-state index contributed by atoms with van der Waals surface area (Å²) in [5, 5.41) is 2.45. The number of carbonyl (C=O) groups is 3. The summed E-state index contributed by atoms with van der Waals surface area (Å²) >= 11 is 0. The number of hydrogen-bond donors (Lipinski definition) is 1. The fourth-order valence-electron chi connectivity index (χ4n) is 1.76. The molecule has 0 aromatic heterocycles. The van der Waals surface area contributed by atoms with E-state index in [4.69, 9.17) is 9.47 Å². The largest absolute Gasteiger partial charge is 0.458 e. The molecule has 0 fully saturated rings. The molecule has 0 aliphatic carbocycles. The molecule has 0 saturated heterocycles. The predicted octanol–water partition coefficient (Wildman–Crippen LogP) is 2.60. The number of ether oxygens (including phenoxy) is 2. The number of hydrogen-bond acceptors (Lipinski definition) is 5. The van der Waals surface area contributed by atoms with E-state index < -0.39 is 23.7 Å². The quantitative estimate of drug-likeness (QED) is 0.616. The highest BCUT2D eigenvalue weighted by Gasteiger charge is 2.26. The summed E-state index contributed by atoms with van der Waals surface area (Å²) in [6.07, 6.45) is 0.270. The normalized spacial score (nSPS) is 12.1. The van der Waals surface area contributed by atoms with Crippen molar-refractivity contribution in [2.75, 3.05) is 0 Å². The lowest BCUT2D eigenvalue weighted by molar-refractivity contribution is -0.157. The zero-order chi connectivity index (χ0) is 17.3. The molecule has 6 nitrogen and oxygen atoms in total. The van der Waals surface area contributed by atoms with Crippen molar-refractivity contribution in [3.63, 3.8) is 0 Å². The van der Waals surface area contributed by atoms with Gasteiger partial charge in [-0.3, -0.25) is 0 Å². The van der Waals surface area contributed by atoms with Gasteiger partial charge in [-0.05, 0) is 32.8 Å². The minimum atomic E-state index is -0.914. The maximum atomic E-state index is 12.1. The summed E-state index contributed by atoms with van der Waals surface area (Å²) in [5.74, 6) is -0.587. The second kappa shape index (κ2) is 8.92. The third-order valence-corrected chi connectivity index (χ3v) is 2.77. The first-order valence-corrected chi connectivity index (χ1v) is 7.45. The van der Waals surface area contributed by atoms with Crippen LogP contribution in [0.2, 0.25) is 0 Å². The minimum absolute atomic E-state index is 0.0986. The van der Waals surface area contributed by atoms with Crippen LogP contribution in [0.5, 0.6) is 0 Å². The number of carbonyl (C=O) groups excluding carboxylic acids is 3. The molecule has 6 heteroatoms. The summed E-state index contributed by atoms with van der Waals surface area (Å²) in [5.41, 5.74) is 0.163. The Bertz CT molecular complexity index is 522. The van der Waals surface area contributed by atoms with E-state index in [1.807, 2.05) is 30.3 Å². The van der Waals surface area contributed by atoms with E-state index in [1.54, 1.807) is 20.8 Å². The van der Waals surface area contributed by atoms with Gasteiger partial charge in [-0.1, -0.05) is 30.3 Å². The van der Waals surface area contributed by atoms with Gasteiger partial charge in [0.15, 0.2) is 0 Å². The summed E-state index contributed by atoms with van der Waals surface area (Å²) in [4.78, 5) is 34.4. The van der Waals surface area contributed by atoms with Crippen molar-refractivity contribution in [3.8, 4) is 0 Å². The molecule has 1 rings (SSSR count). The Morgan fingerprint density at radius 3 is 2.43 bits per heavy atom. The van der Waals surface area contributed by atoms with E-state index in [1.165, 1.54) is 0 Å². The van der Waals surface area contributed by atoms with Crippen LogP contribution < -0.4 is 5.32 Å². The second-order valence-electron chi connectivity index (χ2n) is 6.04. The van der Waals surface area contributed by atoms with Gasteiger partial charge < -0.3 is 19.6 Å². The van der Waals surface area contributed by atoms with Gasteiger partial charge in [0.05, 0.1) is 0 Å². The van der Waals surface area contributed by atoms with E-state index in [2.05, 4.69) is 5.32 Å². The van der Waals surface area contributed by atoms with Crippen LogP contribution in [-0.2, 0) is 25.7 Å². The van der Waals surface area contributed by atoms with Crippen LogP contribution in [0.4, 0.5) is 4.79 Å². The smallest absolute Gasteiger partial charge is 0.408 e. The molecular formula is C17H23NO5. The Labute approximate surface area is 136 Å². The van der Waals surface area contributed by atoms with E-state index in [9.17, 15) is 14.4 Å². The Morgan fingerprint density at radius 2 is 1.87 bits per heavy atom. The van der Waals surface area contributed by atoms with Crippen molar-refractivity contribution < 1.29 is 23.9 Å². The molecule has 0 spiro atoms. The third kappa shape index (κ3) is 7.99. The lowest BCUT2D eigenvalue weighted by atomic mass is 10.1. The SMILES string of the molecule is CC(C)(C)OC(=O)C(CCC=O)NC(=O)OCc1ccccc1. The first kappa shape index (κ1) is 18.7. The maximum Gasteiger partial charge on any atom is 0.408 e. The van der Waals surface area contributed by atoms with E-state index in [-0.39, 0.29) is 19.4 Å². The van der Waals surface area contributed by atoms with Crippen LogP contribution >= 0.6 is 0 Å². The summed E-state index contributed by atoms with van der Waals surface area (Å²) in [7, 11) is 0. The molecule has 0 aliphatic rings. The van der Waals surface area contributed by atoms with Crippen LogP contribution in [0.15, 0.2) is 30.3 Å². The van der Waals surface area contributed by atoms with Crippen molar-refractivity contribution in [1.82, 2.24) is 5.32 Å². The van der Waals surface area contributed by atoms with Crippen LogP contribution in [0.3, 0.4) is 0 Å². The number of nitrogens with one attached hydrogen (secondary N) is 1. The van der Waals surface area contributed by atoms with Crippen LogP contribution in [0.1, 0.15) is 39.2 Å². The minimum Gasteiger partial charge on any atom is -0.458 e. The van der Waals surface area contributed by atoms with Gasteiger partial charge in [-0.15, -0.1) is 0 Å². The van der Waals surface area contributed by atoms with E-state index in [0.717, 1.165) is 5.56 Å². The highest BCUT2D eigenvalue weighted by atomic mass is 16.6. The van der Waals surface area contributed by atoms with Gasteiger partial charge in [0.1, 0.15) is 24.5 Å². The maximum absolute atomic E-state index is 12.1. The summed E-state index contributed by atoms with van der Waals surface area (Å²) in [6, 6.07) is 8.27. The monoisotopic (exact) mass is 321 g/mol. The zero-order valence-corrected chi connectivity index (χ0v) is 13.7. The van der Waals surface area contributed by atoms with Crippen molar-refractivity contribution in [1.29, 1.82) is 0 Å². The van der Waals surface area contributed by atoms with Gasteiger partial charge in [-0.2, -0.15) is 0 Å². The van der Waals surface area contributed by atoms with Crippen molar-refractivity contribution >= 4 is 18.3 Å². The molecule has 23 heavy (non-hydrogen) atoms. The molecule has 1 unspecified atom stereocenters. The first-order chi connectivity index (χ1) is 10.8.